The zero-order chi connectivity index (χ0) is 15.0. The SMILES string of the molecule is CNC1C(=O)Nc2cc(OC3CCCCC3C)c(Cl)cc21. The standard InChI is InChI=1S/C16H21ClN2O2/c1-9-5-3-4-6-13(9)21-14-8-12-10(7-11(14)17)15(18-2)16(20)19-12/h7-9,13,15,18H,3-6H2,1-2H3,(H,19,20). The van der Waals surface area contributed by atoms with Gasteiger partial charge in [-0.3, -0.25) is 4.79 Å². The van der Waals surface area contributed by atoms with Crippen molar-refractivity contribution in [3.63, 3.8) is 0 Å². The molecular weight excluding hydrogens is 288 g/mol. The largest absolute Gasteiger partial charge is 0.489 e. The van der Waals surface area contributed by atoms with Crippen molar-refractivity contribution in [3.8, 4) is 5.75 Å². The molecule has 1 aliphatic carbocycles. The summed E-state index contributed by atoms with van der Waals surface area (Å²) in [6, 6.07) is 3.35. The third kappa shape index (κ3) is 2.74. The van der Waals surface area contributed by atoms with Crippen LogP contribution in [-0.4, -0.2) is 19.1 Å². The van der Waals surface area contributed by atoms with Crippen molar-refractivity contribution in [3.05, 3.63) is 22.7 Å². The van der Waals surface area contributed by atoms with Gasteiger partial charge in [-0.25, -0.2) is 0 Å². The minimum absolute atomic E-state index is 0.0493. The summed E-state index contributed by atoms with van der Waals surface area (Å²) >= 11 is 6.35. The number of ether oxygens (including phenoxy) is 1. The van der Waals surface area contributed by atoms with Crippen LogP contribution in [0, 0.1) is 5.92 Å². The van der Waals surface area contributed by atoms with E-state index in [-0.39, 0.29) is 18.1 Å². The zero-order valence-corrected chi connectivity index (χ0v) is 13.2. The normalized spacial score (nSPS) is 28.1. The summed E-state index contributed by atoms with van der Waals surface area (Å²) < 4.78 is 6.12. The highest BCUT2D eigenvalue weighted by molar-refractivity contribution is 6.32. The van der Waals surface area contributed by atoms with E-state index in [4.69, 9.17) is 16.3 Å². The Morgan fingerprint density at radius 2 is 2.10 bits per heavy atom. The number of hydrogen-bond donors (Lipinski definition) is 2. The van der Waals surface area contributed by atoms with Gasteiger partial charge in [0.2, 0.25) is 5.91 Å². The first-order valence-electron chi connectivity index (χ1n) is 7.58. The first-order chi connectivity index (χ1) is 10.1. The summed E-state index contributed by atoms with van der Waals surface area (Å²) in [5.41, 5.74) is 1.68. The van der Waals surface area contributed by atoms with E-state index >= 15 is 0 Å². The first kappa shape index (κ1) is 14.7. The van der Waals surface area contributed by atoms with Crippen molar-refractivity contribution in [1.29, 1.82) is 0 Å². The van der Waals surface area contributed by atoms with E-state index in [1.165, 1.54) is 19.3 Å². The van der Waals surface area contributed by atoms with Crippen molar-refractivity contribution in [1.82, 2.24) is 5.32 Å². The molecular formula is C16H21ClN2O2. The van der Waals surface area contributed by atoms with Gasteiger partial charge in [0.15, 0.2) is 0 Å². The average molecular weight is 309 g/mol. The Kier molecular flexibility index (Phi) is 4.09. The Morgan fingerprint density at radius 3 is 2.81 bits per heavy atom. The maximum atomic E-state index is 11.9. The van der Waals surface area contributed by atoms with Gasteiger partial charge >= 0.3 is 0 Å². The molecule has 3 rings (SSSR count). The maximum absolute atomic E-state index is 11.9. The number of amides is 1. The average Bonchev–Trinajstić information content (AvgIpc) is 2.76. The van der Waals surface area contributed by atoms with Crippen molar-refractivity contribution >= 4 is 23.2 Å². The molecule has 3 unspecified atom stereocenters. The van der Waals surface area contributed by atoms with E-state index in [2.05, 4.69) is 17.6 Å². The molecule has 114 valence electrons. The van der Waals surface area contributed by atoms with Crippen molar-refractivity contribution in [2.45, 2.75) is 44.8 Å². The molecule has 0 aromatic heterocycles. The Balaban J connectivity index is 1.85. The van der Waals surface area contributed by atoms with Crippen LogP contribution in [0.3, 0.4) is 0 Å². The number of nitrogens with one attached hydrogen (secondary N) is 2. The third-order valence-corrected chi connectivity index (χ3v) is 4.83. The lowest BCUT2D eigenvalue weighted by Gasteiger charge is -2.29. The lowest BCUT2D eigenvalue weighted by molar-refractivity contribution is -0.117. The quantitative estimate of drug-likeness (QED) is 0.898. The van der Waals surface area contributed by atoms with Crippen LogP contribution in [0.15, 0.2) is 12.1 Å². The molecule has 0 radical (unpaired) electrons. The van der Waals surface area contributed by atoms with Crippen molar-refractivity contribution in [2.24, 2.45) is 5.92 Å². The van der Waals surface area contributed by atoms with E-state index in [0.717, 1.165) is 17.7 Å². The second-order valence-electron chi connectivity index (χ2n) is 6.00. The van der Waals surface area contributed by atoms with E-state index in [1.807, 2.05) is 12.1 Å². The molecule has 5 heteroatoms. The Morgan fingerprint density at radius 1 is 1.33 bits per heavy atom. The maximum Gasteiger partial charge on any atom is 0.246 e. The fourth-order valence-electron chi connectivity index (χ4n) is 3.26. The molecule has 4 nitrogen and oxygen atoms in total. The van der Waals surface area contributed by atoms with E-state index < -0.39 is 0 Å². The molecule has 2 aliphatic rings. The van der Waals surface area contributed by atoms with Gasteiger partial charge in [0.1, 0.15) is 17.9 Å². The van der Waals surface area contributed by atoms with Gasteiger partial charge in [-0.2, -0.15) is 0 Å². The van der Waals surface area contributed by atoms with E-state index in [1.54, 1.807) is 7.05 Å². The van der Waals surface area contributed by atoms with Crippen LogP contribution in [0.2, 0.25) is 5.02 Å². The Labute approximate surface area is 130 Å². The number of fused-ring (bicyclic) bond motifs is 1. The molecule has 21 heavy (non-hydrogen) atoms. The molecule has 3 atom stereocenters. The number of halogens is 1. The van der Waals surface area contributed by atoms with Crippen LogP contribution in [0.1, 0.15) is 44.2 Å². The van der Waals surface area contributed by atoms with Gasteiger partial charge in [0.25, 0.3) is 0 Å². The third-order valence-electron chi connectivity index (χ3n) is 4.53. The van der Waals surface area contributed by atoms with Gasteiger partial charge in [0.05, 0.1) is 5.02 Å². The molecule has 0 spiro atoms. The van der Waals surface area contributed by atoms with E-state index in [9.17, 15) is 4.79 Å². The fraction of sp³-hybridized carbons (Fsp3) is 0.562. The predicted octanol–water partition coefficient (Wildman–Crippen LogP) is 3.51. The molecule has 1 aromatic rings. The number of benzene rings is 1. The number of carbonyl (C=O) groups excluding carboxylic acids is 1. The number of likely N-dealkylation sites (N-methyl/N-ethyl adjacent to an activating group) is 1. The van der Waals surface area contributed by atoms with Gasteiger partial charge in [-0.05, 0) is 38.3 Å². The highest BCUT2D eigenvalue weighted by Crippen LogP contribution is 2.40. The summed E-state index contributed by atoms with van der Waals surface area (Å²) in [5.74, 6) is 1.17. The molecule has 1 heterocycles. The Bertz CT molecular complexity index is 561. The number of rotatable bonds is 3. The number of anilines is 1. The van der Waals surface area contributed by atoms with Crippen LogP contribution in [0.5, 0.6) is 5.75 Å². The summed E-state index contributed by atoms with van der Waals surface area (Å²) in [6.07, 6.45) is 4.97. The highest BCUT2D eigenvalue weighted by Gasteiger charge is 2.31. The van der Waals surface area contributed by atoms with Crippen molar-refractivity contribution < 1.29 is 9.53 Å². The van der Waals surface area contributed by atoms with Gasteiger partial charge in [-0.1, -0.05) is 24.9 Å². The molecule has 1 aromatic carbocycles. The molecule has 1 amide bonds. The van der Waals surface area contributed by atoms with Crippen LogP contribution >= 0.6 is 11.6 Å². The first-order valence-corrected chi connectivity index (χ1v) is 7.96. The second kappa shape index (κ2) is 5.85. The molecule has 1 saturated carbocycles. The summed E-state index contributed by atoms with van der Waals surface area (Å²) in [5, 5.41) is 6.44. The van der Waals surface area contributed by atoms with Crippen LogP contribution < -0.4 is 15.4 Å². The second-order valence-corrected chi connectivity index (χ2v) is 6.41. The Hall–Kier alpha value is -1.26. The van der Waals surface area contributed by atoms with E-state index in [0.29, 0.717) is 16.7 Å². The van der Waals surface area contributed by atoms with Gasteiger partial charge in [0, 0.05) is 17.3 Å². The number of carbonyl (C=O) groups is 1. The van der Waals surface area contributed by atoms with Gasteiger partial charge < -0.3 is 15.4 Å². The molecule has 0 saturated heterocycles. The van der Waals surface area contributed by atoms with Crippen molar-refractivity contribution in [2.75, 3.05) is 12.4 Å². The zero-order valence-electron chi connectivity index (χ0n) is 12.4. The number of hydrogen-bond acceptors (Lipinski definition) is 3. The molecule has 0 bridgehead atoms. The predicted molar refractivity (Wildman–Crippen MR) is 83.9 cm³/mol. The fourth-order valence-corrected chi connectivity index (χ4v) is 3.48. The molecule has 1 fully saturated rings. The minimum Gasteiger partial charge on any atom is -0.489 e. The summed E-state index contributed by atoms with van der Waals surface area (Å²) in [6.45, 7) is 2.23. The smallest absolute Gasteiger partial charge is 0.246 e. The lowest BCUT2D eigenvalue weighted by atomic mass is 9.88. The molecule has 1 aliphatic heterocycles. The minimum atomic E-state index is -0.333. The lowest BCUT2D eigenvalue weighted by Crippen LogP contribution is -2.28. The summed E-state index contributed by atoms with van der Waals surface area (Å²) in [7, 11) is 1.77. The van der Waals surface area contributed by atoms with Crippen LogP contribution in [0.4, 0.5) is 5.69 Å². The van der Waals surface area contributed by atoms with Crippen LogP contribution in [-0.2, 0) is 4.79 Å². The van der Waals surface area contributed by atoms with Crippen LogP contribution in [0.25, 0.3) is 0 Å². The van der Waals surface area contributed by atoms with Gasteiger partial charge in [-0.15, -0.1) is 0 Å². The molecule has 2 N–H and O–H groups in total. The summed E-state index contributed by atoms with van der Waals surface area (Å²) in [4.78, 5) is 11.9. The monoisotopic (exact) mass is 308 g/mol. The topological polar surface area (TPSA) is 50.4 Å². The highest BCUT2D eigenvalue weighted by atomic mass is 35.5.